The number of hydrogen-bond donors (Lipinski definition) is 2. The van der Waals surface area contributed by atoms with E-state index in [9.17, 15) is 18.8 Å². The van der Waals surface area contributed by atoms with Crippen LogP contribution >= 0.6 is 0 Å². The number of nitrogens with one attached hydrogen (secondary N) is 2. The van der Waals surface area contributed by atoms with Crippen LogP contribution in [0.15, 0.2) is 36.4 Å². The summed E-state index contributed by atoms with van der Waals surface area (Å²) in [4.78, 5) is 47.5. The van der Waals surface area contributed by atoms with Crippen LogP contribution in [0.3, 0.4) is 0 Å². The zero-order valence-electron chi connectivity index (χ0n) is 28.0. The van der Waals surface area contributed by atoms with Gasteiger partial charge in [0.25, 0.3) is 5.91 Å². The summed E-state index contributed by atoms with van der Waals surface area (Å²) < 4.78 is 19.3. The summed E-state index contributed by atoms with van der Waals surface area (Å²) in [5.41, 5.74) is 3.43. The van der Waals surface area contributed by atoms with Gasteiger partial charge in [-0.25, -0.2) is 19.2 Å². The number of carbonyl (C=O) groups is 3. The van der Waals surface area contributed by atoms with Crippen LogP contribution in [0.4, 0.5) is 14.9 Å². The highest BCUT2D eigenvalue weighted by Gasteiger charge is 2.28. The molecule has 0 spiro atoms. The van der Waals surface area contributed by atoms with E-state index in [-0.39, 0.29) is 49.9 Å². The number of nitrogens with zero attached hydrogens (tertiary/aromatic N) is 6. The van der Waals surface area contributed by atoms with Gasteiger partial charge in [0, 0.05) is 50.5 Å². The Labute approximate surface area is 269 Å². The van der Waals surface area contributed by atoms with Gasteiger partial charge in [0.05, 0.1) is 13.1 Å². The van der Waals surface area contributed by atoms with Crippen molar-refractivity contribution in [1.29, 1.82) is 0 Å². The molecule has 0 radical (unpaired) electrons. The van der Waals surface area contributed by atoms with Gasteiger partial charge in [-0.2, -0.15) is 5.10 Å². The topological polar surface area (TPSA) is 127 Å². The molecule has 2 N–H and O–H groups in total. The second-order valence-electron chi connectivity index (χ2n) is 12.9. The molecule has 46 heavy (non-hydrogen) atoms. The Morgan fingerprint density at radius 1 is 1.07 bits per heavy atom. The minimum Gasteiger partial charge on any atom is -0.444 e. The lowest BCUT2D eigenvalue weighted by molar-refractivity contribution is -0.145. The van der Waals surface area contributed by atoms with Gasteiger partial charge < -0.3 is 19.9 Å². The summed E-state index contributed by atoms with van der Waals surface area (Å²) >= 11 is 0. The van der Waals surface area contributed by atoms with E-state index in [0.717, 1.165) is 22.3 Å². The van der Waals surface area contributed by atoms with Gasteiger partial charge in [0.2, 0.25) is 5.91 Å². The molecule has 2 heterocycles. The van der Waals surface area contributed by atoms with E-state index in [0.29, 0.717) is 30.4 Å². The van der Waals surface area contributed by atoms with Crippen molar-refractivity contribution < 1.29 is 23.5 Å². The van der Waals surface area contributed by atoms with Crippen LogP contribution in [0.5, 0.6) is 0 Å². The monoisotopic (exact) mass is 636 g/mol. The maximum absolute atomic E-state index is 13.8. The first-order valence-corrected chi connectivity index (χ1v) is 15.4. The second-order valence-corrected chi connectivity index (χ2v) is 12.9. The van der Waals surface area contributed by atoms with Crippen molar-refractivity contribution in [2.45, 2.75) is 73.2 Å². The predicted molar refractivity (Wildman–Crippen MR) is 173 cm³/mol. The number of anilines is 1. The van der Waals surface area contributed by atoms with Crippen molar-refractivity contribution in [2.75, 3.05) is 38.1 Å². The third kappa shape index (κ3) is 8.81. The largest absolute Gasteiger partial charge is 0.444 e. The highest BCUT2D eigenvalue weighted by molar-refractivity contribution is 5.87. The first kappa shape index (κ1) is 34.4. The van der Waals surface area contributed by atoms with E-state index < -0.39 is 11.7 Å². The first-order valence-electron chi connectivity index (χ1n) is 15.4. The molecule has 13 heteroatoms. The Kier molecular flexibility index (Phi) is 10.7. The Hall–Kier alpha value is -4.52. The van der Waals surface area contributed by atoms with Crippen molar-refractivity contribution in [3.8, 4) is 11.4 Å². The van der Waals surface area contributed by atoms with Crippen LogP contribution in [-0.4, -0.2) is 92.9 Å². The summed E-state index contributed by atoms with van der Waals surface area (Å²) in [6, 6.07) is 10.2. The van der Waals surface area contributed by atoms with Crippen molar-refractivity contribution >= 4 is 23.6 Å². The minimum atomic E-state index is -0.641. The van der Waals surface area contributed by atoms with E-state index in [4.69, 9.17) is 4.74 Å². The molecule has 0 saturated heterocycles. The second kappa shape index (κ2) is 14.3. The lowest BCUT2D eigenvalue weighted by atomic mass is 10.1. The SMILES string of the molecule is Cc1nc(-c2ccc(C)c(N(CC(=O)NCCN(C(=O)OC(C)(C)C)C(C)C)CC(=O)N(C)N3Cc4ccc(F)cc4C3)c2)n[nH]1. The number of hydrazine groups is 1. The van der Waals surface area contributed by atoms with Gasteiger partial charge in [-0.1, -0.05) is 18.2 Å². The molecule has 1 aromatic heterocycles. The third-order valence-corrected chi connectivity index (χ3v) is 7.65. The molecule has 0 unspecified atom stereocenters. The Balaban J connectivity index is 1.50. The molecule has 248 valence electrons. The molecule has 0 saturated carbocycles. The van der Waals surface area contributed by atoms with Crippen LogP contribution in [0.25, 0.3) is 11.4 Å². The number of fused-ring (bicyclic) bond motifs is 1. The third-order valence-electron chi connectivity index (χ3n) is 7.65. The molecule has 0 atom stereocenters. The van der Waals surface area contributed by atoms with Crippen molar-refractivity contribution in [3.05, 3.63) is 64.7 Å². The number of aromatic nitrogens is 3. The molecule has 1 aliphatic heterocycles. The fourth-order valence-electron chi connectivity index (χ4n) is 5.19. The zero-order chi connectivity index (χ0) is 33.8. The molecule has 0 fully saturated rings. The average molecular weight is 637 g/mol. The van der Waals surface area contributed by atoms with E-state index in [1.54, 1.807) is 43.7 Å². The summed E-state index contributed by atoms with van der Waals surface area (Å²) in [6.07, 6.45) is -0.450. The summed E-state index contributed by atoms with van der Waals surface area (Å²) in [5, 5.41) is 13.4. The van der Waals surface area contributed by atoms with Gasteiger partial charge in [-0.15, -0.1) is 0 Å². The van der Waals surface area contributed by atoms with Crippen molar-refractivity contribution in [3.63, 3.8) is 0 Å². The van der Waals surface area contributed by atoms with Crippen LogP contribution in [-0.2, 0) is 27.4 Å². The Bertz CT molecular complexity index is 1570. The molecular weight excluding hydrogens is 591 g/mol. The molecular formula is C33H45FN8O4. The predicted octanol–water partition coefficient (Wildman–Crippen LogP) is 4.18. The summed E-state index contributed by atoms with van der Waals surface area (Å²) in [5.74, 6) is 0.302. The number of aromatic amines is 1. The minimum absolute atomic E-state index is 0.0987. The number of H-pyrrole nitrogens is 1. The van der Waals surface area contributed by atoms with Gasteiger partial charge >= 0.3 is 6.09 Å². The number of carbonyl (C=O) groups excluding carboxylic acids is 3. The molecule has 0 bridgehead atoms. The molecule has 3 amide bonds. The van der Waals surface area contributed by atoms with E-state index in [2.05, 4.69) is 20.5 Å². The van der Waals surface area contributed by atoms with Crippen molar-refractivity contribution in [1.82, 2.24) is 35.4 Å². The van der Waals surface area contributed by atoms with E-state index in [1.807, 2.05) is 50.9 Å². The smallest absolute Gasteiger partial charge is 0.410 e. The van der Waals surface area contributed by atoms with Crippen LogP contribution in [0.2, 0.25) is 0 Å². The Morgan fingerprint density at radius 3 is 2.43 bits per heavy atom. The fourth-order valence-corrected chi connectivity index (χ4v) is 5.19. The van der Waals surface area contributed by atoms with E-state index >= 15 is 0 Å². The van der Waals surface area contributed by atoms with Crippen molar-refractivity contribution in [2.24, 2.45) is 0 Å². The lowest BCUT2D eigenvalue weighted by Gasteiger charge is -2.32. The maximum Gasteiger partial charge on any atom is 0.410 e. The van der Waals surface area contributed by atoms with Gasteiger partial charge in [-0.3, -0.25) is 19.7 Å². The lowest BCUT2D eigenvalue weighted by Crippen LogP contribution is -2.49. The van der Waals surface area contributed by atoms with Crippen LogP contribution in [0, 0.1) is 19.7 Å². The average Bonchev–Trinajstić information content (AvgIpc) is 3.59. The number of halogens is 1. The van der Waals surface area contributed by atoms with Crippen LogP contribution < -0.4 is 10.2 Å². The zero-order valence-corrected chi connectivity index (χ0v) is 28.0. The summed E-state index contributed by atoms with van der Waals surface area (Å²) in [6.45, 7) is 14.0. The molecule has 4 rings (SSSR count). The highest BCUT2D eigenvalue weighted by Crippen LogP contribution is 2.28. The first-order chi connectivity index (χ1) is 21.6. The molecule has 2 aromatic carbocycles. The number of aryl methyl sites for hydroxylation is 2. The number of amides is 3. The number of benzene rings is 2. The number of likely N-dealkylation sites (N-methyl/N-ethyl adjacent to an activating group) is 1. The number of hydrogen-bond acceptors (Lipinski definition) is 8. The summed E-state index contributed by atoms with van der Waals surface area (Å²) in [7, 11) is 1.68. The maximum atomic E-state index is 13.8. The fraction of sp³-hybridized carbons (Fsp3) is 0.485. The van der Waals surface area contributed by atoms with E-state index in [1.165, 1.54) is 17.1 Å². The standard InChI is InChI=1S/C33H45FN8O4/c1-21(2)42(32(45)46-33(5,6)7)14-13-35-29(43)19-40(28-16-24(10-9-22(28)3)31-36-23(4)37-38-31)20-30(44)39(8)41-17-25-11-12-27(34)15-26(25)18-41/h9-12,15-16,21H,13-14,17-20H2,1-8H3,(H,35,43)(H,36,37,38). The molecule has 0 aliphatic carbocycles. The number of ether oxygens (including phenoxy) is 1. The quantitative estimate of drug-likeness (QED) is 0.321. The molecule has 3 aromatic rings. The molecule has 12 nitrogen and oxygen atoms in total. The highest BCUT2D eigenvalue weighted by atomic mass is 19.1. The molecule has 1 aliphatic rings. The van der Waals surface area contributed by atoms with Gasteiger partial charge in [0.1, 0.15) is 17.2 Å². The van der Waals surface area contributed by atoms with Gasteiger partial charge in [-0.05, 0) is 83.4 Å². The Morgan fingerprint density at radius 2 is 1.78 bits per heavy atom. The van der Waals surface area contributed by atoms with Gasteiger partial charge in [0.15, 0.2) is 5.82 Å². The van der Waals surface area contributed by atoms with Crippen LogP contribution in [0.1, 0.15) is 57.1 Å². The number of rotatable bonds is 11. The normalized spacial score (nSPS) is 13.0.